The van der Waals surface area contributed by atoms with Crippen molar-refractivity contribution in [2.45, 2.75) is 6.92 Å². The molecule has 1 N–H and O–H groups in total. The first-order chi connectivity index (χ1) is 4.61. The zero-order valence-electron chi connectivity index (χ0n) is 5.12. The standard InChI is InChI=1S/C4H5NO4S/c1-3-2-4(6)5(7)10(8)9-3/h2,5H,1H3. The second-order valence-corrected chi connectivity index (χ2v) is 2.73. The van der Waals surface area contributed by atoms with Gasteiger partial charge in [0.15, 0.2) is 0 Å². The number of nitrogens with one attached hydrogen (secondary N) is 1. The summed E-state index contributed by atoms with van der Waals surface area (Å²) in [6.07, 6.45) is 1.02. The Kier molecular flexibility index (Phi) is 1.84. The lowest BCUT2D eigenvalue weighted by atomic mass is 10.5. The summed E-state index contributed by atoms with van der Waals surface area (Å²) in [4.78, 5) is 10.5. The smallest absolute Gasteiger partial charge is 0.423 e. The monoisotopic (exact) mass is 163 g/mol. The fourth-order valence-electron chi connectivity index (χ4n) is 0.507. The average molecular weight is 163 g/mol. The Bertz CT molecular complexity index is 223. The summed E-state index contributed by atoms with van der Waals surface area (Å²) in [5.74, 6) is -0.551. The molecular weight excluding hydrogens is 158 g/mol. The number of amides is 1. The summed E-state index contributed by atoms with van der Waals surface area (Å²) in [5, 5.41) is 10.5. The molecule has 0 aromatic heterocycles. The van der Waals surface area contributed by atoms with Gasteiger partial charge in [-0.1, -0.05) is 0 Å². The number of allylic oxidation sites excluding steroid dienone is 1. The van der Waals surface area contributed by atoms with E-state index in [1.165, 1.54) is 6.92 Å². The van der Waals surface area contributed by atoms with Gasteiger partial charge in [0.25, 0.3) is 0 Å². The molecule has 0 aromatic carbocycles. The third kappa shape index (κ3) is 1.23. The molecule has 0 fully saturated rings. The minimum atomic E-state index is -2.10. The highest BCUT2D eigenvalue weighted by Gasteiger charge is 2.24. The maximum atomic E-state index is 10.5. The van der Waals surface area contributed by atoms with Gasteiger partial charge in [-0.15, -0.1) is 0 Å². The van der Waals surface area contributed by atoms with Crippen molar-refractivity contribution in [3.05, 3.63) is 17.0 Å². The van der Waals surface area contributed by atoms with Crippen LogP contribution in [0, 0.1) is 5.21 Å². The molecule has 5 nitrogen and oxygen atoms in total. The predicted octanol–water partition coefficient (Wildman–Crippen LogP) is -1.59. The zero-order valence-corrected chi connectivity index (χ0v) is 5.94. The topological polar surface area (TPSA) is 70.9 Å². The third-order valence-corrected chi connectivity index (χ3v) is 1.81. The fraction of sp³-hybridized carbons (Fsp3) is 0.250. The van der Waals surface area contributed by atoms with Crippen LogP contribution in [0.3, 0.4) is 0 Å². The quantitative estimate of drug-likeness (QED) is 0.437. The number of carbonyl (C=O) groups excluding carboxylic acids is 1. The highest BCUT2D eigenvalue weighted by Crippen LogP contribution is 1.98. The molecule has 2 atom stereocenters. The summed E-state index contributed by atoms with van der Waals surface area (Å²) in [5.41, 5.74) is 0. The van der Waals surface area contributed by atoms with E-state index in [2.05, 4.69) is 4.18 Å². The first-order valence-electron chi connectivity index (χ1n) is 2.48. The van der Waals surface area contributed by atoms with Gasteiger partial charge in [0.1, 0.15) is 5.76 Å². The van der Waals surface area contributed by atoms with Gasteiger partial charge >= 0.3 is 17.2 Å². The number of hydrogen-bond acceptors (Lipinski definition) is 4. The van der Waals surface area contributed by atoms with E-state index in [1.54, 1.807) is 0 Å². The molecule has 0 radical (unpaired) electrons. The van der Waals surface area contributed by atoms with Crippen LogP contribution in [0.2, 0.25) is 0 Å². The first-order valence-corrected chi connectivity index (χ1v) is 3.55. The Labute approximate surface area is 59.6 Å². The molecule has 1 rings (SSSR count). The molecule has 1 amide bonds. The molecule has 0 aromatic rings. The van der Waals surface area contributed by atoms with E-state index < -0.39 is 21.6 Å². The second-order valence-electron chi connectivity index (χ2n) is 1.72. The Morgan fingerprint density at radius 3 is 2.90 bits per heavy atom. The molecule has 56 valence electrons. The number of carbonyl (C=O) groups is 1. The van der Waals surface area contributed by atoms with Gasteiger partial charge in [-0.2, -0.15) is 8.68 Å². The first kappa shape index (κ1) is 7.39. The van der Waals surface area contributed by atoms with Crippen molar-refractivity contribution in [3.8, 4) is 0 Å². The van der Waals surface area contributed by atoms with Crippen molar-refractivity contribution in [2.75, 3.05) is 0 Å². The second kappa shape index (κ2) is 2.49. The maximum Gasteiger partial charge on any atom is 0.423 e. The number of hydrogen-bond donors (Lipinski definition) is 1. The van der Waals surface area contributed by atoms with Crippen LogP contribution in [-0.2, 0) is 20.2 Å². The maximum absolute atomic E-state index is 10.5. The lowest BCUT2D eigenvalue weighted by molar-refractivity contribution is -0.616. The number of quaternary nitrogens is 1. The van der Waals surface area contributed by atoms with E-state index in [1.807, 2.05) is 0 Å². The third-order valence-electron chi connectivity index (χ3n) is 0.894. The van der Waals surface area contributed by atoms with Crippen LogP contribution in [0.1, 0.15) is 6.92 Å². The number of hydroxylamine groups is 1. The molecule has 1 aliphatic heterocycles. The van der Waals surface area contributed by atoms with Gasteiger partial charge in [0, 0.05) is 0 Å². The summed E-state index contributed by atoms with van der Waals surface area (Å²) >= 11 is -2.10. The van der Waals surface area contributed by atoms with Crippen LogP contribution in [0.15, 0.2) is 11.8 Å². The van der Waals surface area contributed by atoms with Crippen molar-refractivity contribution in [1.82, 2.24) is 0 Å². The Hall–Kier alpha value is -0.720. The van der Waals surface area contributed by atoms with Crippen molar-refractivity contribution < 1.29 is 17.7 Å². The van der Waals surface area contributed by atoms with Crippen molar-refractivity contribution in [2.24, 2.45) is 0 Å². The van der Waals surface area contributed by atoms with E-state index in [4.69, 9.17) is 0 Å². The van der Waals surface area contributed by atoms with E-state index in [0.717, 1.165) is 6.08 Å². The summed E-state index contributed by atoms with van der Waals surface area (Å²) in [7, 11) is 0. The minimum Gasteiger partial charge on any atom is -0.609 e. The van der Waals surface area contributed by atoms with Gasteiger partial charge in [0.2, 0.25) is 0 Å². The fourth-order valence-corrected chi connectivity index (χ4v) is 1.09. The van der Waals surface area contributed by atoms with Crippen LogP contribution in [0.25, 0.3) is 0 Å². The van der Waals surface area contributed by atoms with E-state index >= 15 is 0 Å². The molecule has 2 unspecified atom stereocenters. The molecule has 1 heterocycles. The SMILES string of the molecule is CC1=CC(=O)[NH+]([O-])S(=O)O1. The van der Waals surface area contributed by atoms with Crippen LogP contribution in [0.5, 0.6) is 0 Å². The lowest BCUT2D eigenvalue weighted by Gasteiger charge is -2.18. The molecule has 6 heteroatoms. The molecule has 0 aliphatic carbocycles. The summed E-state index contributed by atoms with van der Waals surface area (Å²) < 4.78 is 13.9. The molecule has 0 saturated carbocycles. The summed E-state index contributed by atoms with van der Waals surface area (Å²) in [6.45, 7) is 1.46. The van der Waals surface area contributed by atoms with Crippen molar-refractivity contribution in [1.29, 1.82) is 0 Å². The molecular formula is C4H5NO4S. The number of rotatable bonds is 0. The van der Waals surface area contributed by atoms with E-state index in [-0.39, 0.29) is 5.76 Å². The molecule has 0 saturated heterocycles. The zero-order chi connectivity index (χ0) is 7.72. The van der Waals surface area contributed by atoms with Gasteiger partial charge in [0.05, 0.1) is 6.08 Å². The summed E-state index contributed by atoms with van der Waals surface area (Å²) in [6, 6.07) is 0. The van der Waals surface area contributed by atoms with Crippen molar-refractivity contribution >= 4 is 17.2 Å². The molecule has 0 spiro atoms. The largest absolute Gasteiger partial charge is 0.609 e. The van der Waals surface area contributed by atoms with Crippen LogP contribution >= 0.6 is 0 Å². The minimum absolute atomic E-state index is 0.211. The normalized spacial score (nSPS) is 33.0. The Morgan fingerprint density at radius 1 is 1.80 bits per heavy atom. The van der Waals surface area contributed by atoms with Gasteiger partial charge in [-0.3, -0.25) is 0 Å². The molecule has 0 bridgehead atoms. The van der Waals surface area contributed by atoms with Crippen LogP contribution < -0.4 is 4.47 Å². The van der Waals surface area contributed by atoms with Crippen molar-refractivity contribution in [3.63, 3.8) is 0 Å². The van der Waals surface area contributed by atoms with Crippen LogP contribution in [-0.4, -0.2) is 10.1 Å². The van der Waals surface area contributed by atoms with Crippen LogP contribution in [0.4, 0.5) is 0 Å². The molecule has 1 aliphatic rings. The Morgan fingerprint density at radius 2 is 2.40 bits per heavy atom. The van der Waals surface area contributed by atoms with Gasteiger partial charge < -0.3 is 9.39 Å². The van der Waals surface area contributed by atoms with Gasteiger partial charge in [-0.05, 0) is 6.92 Å². The molecule has 10 heavy (non-hydrogen) atoms. The van der Waals surface area contributed by atoms with E-state index in [9.17, 15) is 14.2 Å². The van der Waals surface area contributed by atoms with E-state index in [0.29, 0.717) is 0 Å². The lowest BCUT2D eigenvalue weighted by Crippen LogP contribution is -3.10. The highest BCUT2D eigenvalue weighted by atomic mass is 32.2. The predicted molar refractivity (Wildman–Crippen MR) is 32.3 cm³/mol. The average Bonchev–Trinajstić information content (AvgIpc) is 1.82. The van der Waals surface area contributed by atoms with Gasteiger partial charge in [-0.25, -0.2) is 4.79 Å². The highest BCUT2D eigenvalue weighted by molar-refractivity contribution is 7.74. The Balaban J connectivity index is 2.89.